The van der Waals surface area contributed by atoms with Crippen molar-refractivity contribution in [3.63, 3.8) is 0 Å². The molecule has 2 aromatic rings. The summed E-state index contributed by atoms with van der Waals surface area (Å²) in [6, 6.07) is 11.4. The van der Waals surface area contributed by atoms with Gasteiger partial charge in [0, 0.05) is 55.5 Å². The Morgan fingerprint density at radius 3 is 2.38 bits per heavy atom. The molecule has 0 saturated carbocycles. The molecule has 2 aromatic carbocycles. The van der Waals surface area contributed by atoms with Crippen LogP contribution in [0.15, 0.2) is 42.5 Å². The quantitative estimate of drug-likeness (QED) is 0.645. The van der Waals surface area contributed by atoms with Gasteiger partial charge in [-0.15, -0.1) is 0 Å². The van der Waals surface area contributed by atoms with Gasteiger partial charge in [-0.05, 0) is 36.4 Å². The molecule has 0 radical (unpaired) electrons. The molecule has 2 N–H and O–H groups in total. The van der Waals surface area contributed by atoms with Crippen LogP contribution < -0.4 is 10.2 Å². The van der Waals surface area contributed by atoms with Crippen LogP contribution in [-0.2, 0) is 9.53 Å². The van der Waals surface area contributed by atoms with Crippen molar-refractivity contribution in [3.05, 3.63) is 58.6 Å². The number of morpholine rings is 1. The number of carboxylic acids is 1. The number of piperazine rings is 1. The predicted octanol–water partition coefficient (Wildman–Crippen LogP) is 2.27. The maximum Gasteiger partial charge on any atom is 0.337 e. The minimum atomic E-state index is -1.07. The molecule has 0 atom stereocenters. The predicted molar refractivity (Wildman–Crippen MR) is 129 cm³/mol. The number of amides is 2. The second-order valence-corrected chi connectivity index (χ2v) is 8.69. The van der Waals surface area contributed by atoms with E-state index in [1.54, 1.807) is 36.4 Å². The molecule has 0 bridgehead atoms. The van der Waals surface area contributed by atoms with E-state index < -0.39 is 5.97 Å². The summed E-state index contributed by atoms with van der Waals surface area (Å²) in [4.78, 5) is 42.9. The number of nitrogens with one attached hydrogen (secondary N) is 1. The lowest BCUT2D eigenvalue weighted by Crippen LogP contribution is -2.51. The molecule has 0 aromatic heterocycles. The molecule has 10 heteroatoms. The van der Waals surface area contributed by atoms with Crippen molar-refractivity contribution in [3.8, 4) is 0 Å². The molecular formula is C24H27ClN4O5. The fourth-order valence-electron chi connectivity index (χ4n) is 4.14. The molecule has 180 valence electrons. The first-order valence-electron chi connectivity index (χ1n) is 11.2. The van der Waals surface area contributed by atoms with Gasteiger partial charge >= 0.3 is 5.97 Å². The SMILES string of the molecule is O=C(Nc1ccc(N2CCN(CC(=O)N3CCOCC3)CC2)c(C(=O)O)c1)c1cccc(Cl)c1. The molecule has 2 heterocycles. The standard InChI is InChI=1S/C24H27ClN4O5/c25-18-3-1-2-17(14-18)23(31)26-19-4-5-21(20(15-19)24(32)33)28-8-6-27(7-9-28)16-22(30)29-10-12-34-13-11-29/h1-5,14-15H,6-13,16H2,(H,26,31)(H,32,33). The van der Waals surface area contributed by atoms with Crippen LogP contribution in [0.4, 0.5) is 11.4 Å². The number of carbonyl (C=O) groups is 3. The van der Waals surface area contributed by atoms with Crippen molar-refractivity contribution in [1.82, 2.24) is 9.80 Å². The fourth-order valence-corrected chi connectivity index (χ4v) is 4.34. The third-order valence-corrected chi connectivity index (χ3v) is 6.24. The lowest BCUT2D eigenvalue weighted by Gasteiger charge is -2.37. The summed E-state index contributed by atoms with van der Waals surface area (Å²) in [5.41, 5.74) is 1.48. The molecule has 2 aliphatic rings. The number of aromatic carboxylic acids is 1. The first-order valence-corrected chi connectivity index (χ1v) is 11.6. The van der Waals surface area contributed by atoms with Gasteiger partial charge in [-0.25, -0.2) is 4.79 Å². The van der Waals surface area contributed by atoms with E-state index in [9.17, 15) is 19.5 Å². The van der Waals surface area contributed by atoms with Gasteiger partial charge in [0.25, 0.3) is 5.91 Å². The molecule has 0 aliphatic carbocycles. The van der Waals surface area contributed by atoms with E-state index in [1.165, 1.54) is 6.07 Å². The summed E-state index contributed by atoms with van der Waals surface area (Å²) in [5.74, 6) is -1.34. The third-order valence-electron chi connectivity index (χ3n) is 6.01. The Morgan fingerprint density at radius 2 is 1.71 bits per heavy atom. The first-order chi connectivity index (χ1) is 16.4. The number of ether oxygens (including phenoxy) is 1. The Labute approximate surface area is 202 Å². The molecule has 2 fully saturated rings. The maximum absolute atomic E-state index is 12.5. The number of benzene rings is 2. The average Bonchev–Trinajstić information content (AvgIpc) is 2.85. The Kier molecular flexibility index (Phi) is 7.66. The summed E-state index contributed by atoms with van der Waals surface area (Å²) in [5, 5.41) is 13.0. The van der Waals surface area contributed by atoms with Crippen LogP contribution in [-0.4, -0.2) is 91.7 Å². The first kappa shape index (κ1) is 24.0. The Balaban J connectivity index is 1.38. The summed E-state index contributed by atoms with van der Waals surface area (Å²) < 4.78 is 5.30. The number of anilines is 2. The van der Waals surface area contributed by atoms with Crippen LogP contribution >= 0.6 is 11.6 Å². The summed E-state index contributed by atoms with van der Waals surface area (Å²) in [7, 11) is 0. The number of carboxylic acid groups (broad SMARTS) is 1. The Bertz CT molecular complexity index is 1070. The highest BCUT2D eigenvalue weighted by Crippen LogP contribution is 2.26. The molecule has 34 heavy (non-hydrogen) atoms. The lowest BCUT2D eigenvalue weighted by molar-refractivity contribution is -0.136. The average molecular weight is 487 g/mol. The van der Waals surface area contributed by atoms with E-state index in [0.717, 1.165) is 0 Å². The normalized spacial score (nSPS) is 16.9. The van der Waals surface area contributed by atoms with Gasteiger partial charge in [-0.1, -0.05) is 17.7 Å². The van der Waals surface area contributed by atoms with Gasteiger partial charge in [0.15, 0.2) is 0 Å². The number of nitrogens with zero attached hydrogens (tertiary/aromatic N) is 3. The topological polar surface area (TPSA) is 102 Å². The molecule has 9 nitrogen and oxygen atoms in total. The van der Waals surface area contributed by atoms with E-state index >= 15 is 0 Å². The summed E-state index contributed by atoms with van der Waals surface area (Å²) >= 11 is 5.95. The summed E-state index contributed by atoms with van der Waals surface area (Å²) in [6.07, 6.45) is 0. The van der Waals surface area contributed by atoms with Gasteiger partial charge in [0.2, 0.25) is 5.91 Å². The number of halogens is 1. The highest BCUT2D eigenvalue weighted by Gasteiger charge is 2.25. The van der Waals surface area contributed by atoms with Crippen molar-refractivity contribution >= 4 is 40.8 Å². The number of hydrogen-bond acceptors (Lipinski definition) is 6. The highest BCUT2D eigenvalue weighted by atomic mass is 35.5. The van der Waals surface area contributed by atoms with Crippen LogP contribution in [0.5, 0.6) is 0 Å². The monoisotopic (exact) mass is 486 g/mol. The second-order valence-electron chi connectivity index (χ2n) is 8.26. The number of carbonyl (C=O) groups excluding carboxylic acids is 2. The zero-order valence-corrected chi connectivity index (χ0v) is 19.5. The molecule has 2 aliphatic heterocycles. The van der Waals surface area contributed by atoms with Crippen molar-refractivity contribution in [2.45, 2.75) is 0 Å². The van der Waals surface area contributed by atoms with Gasteiger partial charge < -0.3 is 25.0 Å². The smallest absolute Gasteiger partial charge is 0.337 e. The Morgan fingerprint density at radius 1 is 0.971 bits per heavy atom. The molecule has 2 amide bonds. The maximum atomic E-state index is 12.5. The van der Waals surface area contributed by atoms with E-state index in [4.69, 9.17) is 16.3 Å². The van der Waals surface area contributed by atoms with E-state index in [0.29, 0.717) is 81.0 Å². The van der Waals surface area contributed by atoms with Gasteiger partial charge in [0.1, 0.15) is 0 Å². The minimum absolute atomic E-state index is 0.0998. The molecule has 0 unspecified atom stereocenters. The van der Waals surface area contributed by atoms with Gasteiger partial charge in [-0.2, -0.15) is 0 Å². The van der Waals surface area contributed by atoms with Crippen molar-refractivity contribution in [2.75, 3.05) is 69.2 Å². The van der Waals surface area contributed by atoms with Crippen LogP contribution in [0.2, 0.25) is 5.02 Å². The Hall–Kier alpha value is -3.14. The molecule has 2 saturated heterocycles. The zero-order chi connectivity index (χ0) is 24.1. The minimum Gasteiger partial charge on any atom is -0.478 e. The fraction of sp³-hybridized carbons (Fsp3) is 0.375. The largest absolute Gasteiger partial charge is 0.478 e. The number of rotatable bonds is 6. The van der Waals surface area contributed by atoms with Crippen molar-refractivity contribution < 1.29 is 24.2 Å². The van der Waals surface area contributed by atoms with Gasteiger partial charge in [-0.3, -0.25) is 14.5 Å². The zero-order valence-electron chi connectivity index (χ0n) is 18.7. The van der Waals surface area contributed by atoms with Crippen LogP contribution in [0.1, 0.15) is 20.7 Å². The van der Waals surface area contributed by atoms with Crippen molar-refractivity contribution in [2.24, 2.45) is 0 Å². The van der Waals surface area contributed by atoms with E-state index in [1.807, 2.05) is 9.80 Å². The third kappa shape index (κ3) is 5.85. The summed E-state index contributed by atoms with van der Waals surface area (Å²) in [6.45, 7) is 5.27. The van der Waals surface area contributed by atoms with E-state index in [2.05, 4.69) is 10.2 Å². The van der Waals surface area contributed by atoms with E-state index in [-0.39, 0.29) is 17.4 Å². The second kappa shape index (κ2) is 10.9. The highest BCUT2D eigenvalue weighted by molar-refractivity contribution is 6.31. The van der Waals surface area contributed by atoms with Crippen molar-refractivity contribution in [1.29, 1.82) is 0 Å². The molecule has 0 spiro atoms. The van der Waals surface area contributed by atoms with Crippen LogP contribution in [0.25, 0.3) is 0 Å². The molecule has 4 rings (SSSR count). The lowest BCUT2D eigenvalue weighted by atomic mass is 10.1. The van der Waals surface area contributed by atoms with Crippen LogP contribution in [0.3, 0.4) is 0 Å². The van der Waals surface area contributed by atoms with Crippen LogP contribution in [0, 0.1) is 0 Å². The molecular weight excluding hydrogens is 460 g/mol. The van der Waals surface area contributed by atoms with Gasteiger partial charge in [0.05, 0.1) is 31.0 Å². The number of hydrogen-bond donors (Lipinski definition) is 2.